The third kappa shape index (κ3) is 4.23. The molecule has 19 heavy (non-hydrogen) atoms. The van der Waals surface area contributed by atoms with Gasteiger partial charge in [0, 0.05) is 24.2 Å². The van der Waals surface area contributed by atoms with Crippen LogP contribution in [-0.2, 0) is 4.74 Å². The second kappa shape index (κ2) is 7.93. The Morgan fingerprint density at radius 2 is 2.05 bits per heavy atom. The summed E-state index contributed by atoms with van der Waals surface area (Å²) in [5.74, 6) is 0.799. The van der Waals surface area contributed by atoms with E-state index in [0.29, 0.717) is 6.04 Å². The number of ether oxygens (including phenoxy) is 1. The lowest BCUT2D eigenvalue weighted by molar-refractivity contribution is 0.0605. The molecule has 1 heterocycles. The van der Waals surface area contributed by atoms with Gasteiger partial charge in [0.05, 0.1) is 0 Å². The first-order valence-corrected chi connectivity index (χ1v) is 8.51. The lowest BCUT2D eigenvalue weighted by Gasteiger charge is -2.28. The Bertz CT molecular complexity index is 377. The van der Waals surface area contributed by atoms with Crippen LogP contribution in [0.1, 0.15) is 37.8 Å². The van der Waals surface area contributed by atoms with Gasteiger partial charge in [0.15, 0.2) is 0 Å². The molecule has 1 saturated heterocycles. The quantitative estimate of drug-likeness (QED) is 0.799. The van der Waals surface area contributed by atoms with E-state index in [0.717, 1.165) is 25.7 Å². The maximum Gasteiger partial charge on any atom is 0.0468 e. The van der Waals surface area contributed by atoms with Crippen molar-refractivity contribution in [2.24, 2.45) is 5.92 Å². The minimum atomic E-state index is 0.483. The van der Waals surface area contributed by atoms with Crippen LogP contribution < -0.4 is 5.32 Å². The van der Waals surface area contributed by atoms with Gasteiger partial charge in [-0.05, 0) is 49.6 Å². The van der Waals surface area contributed by atoms with Crippen LogP contribution in [0.25, 0.3) is 0 Å². The average Bonchev–Trinajstić information content (AvgIpc) is 2.48. The minimum absolute atomic E-state index is 0.483. The van der Waals surface area contributed by atoms with Crippen LogP contribution in [0, 0.1) is 5.92 Å². The van der Waals surface area contributed by atoms with E-state index < -0.39 is 0 Å². The number of hydrogen-bond donors (Lipinski definition) is 1. The molecule has 2 nitrogen and oxygen atoms in total. The van der Waals surface area contributed by atoms with Crippen molar-refractivity contribution in [3.63, 3.8) is 0 Å². The van der Waals surface area contributed by atoms with Gasteiger partial charge in [-0.25, -0.2) is 0 Å². The van der Waals surface area contributed by atoms with Gasteiger partial charge in [-0.2, -0.15) is 0 Å². The molecule has 0 radical (unpaired) electrons. The molecule has 0 aliphatic carbocycles. The Balaban J connectivity index is 2.09. The van der Waals surface area contributed by atoms with Gasteiger partial charge in [0.1, 0.15) is 0 Å². The number of benzene rings is 1. The van der Waals surface area contributed by atoms with Gasteiger partial charge in [-0.3, -0.25) is 0 Å². The van der Waals surface area contributed by atoms with Crippen molar-refractivity contribution in [2.75, 3.05) is 26.0 Å². The lowest BCUT2D eigenvalue weighted by atomic mass is 9.89. The average molecular weight is 279 g/mol. The summed E-state index contributed by atoms with van der Waals surface area (Å²) in [6.45, 7) is 5.09. The minimum Gasteiger partial charge on any atom is -0.381 e. The van der Waals surface area contributed by atoms with Crippen molar-refractivity contribution in [3.8, 4) is 0 Å². The Hall–Kier alpha value is -0.510. The molecule has 0 aromatic heterocycles. The third-order valence-corrected chi connectivity index (χ3v) is 4.69. The van der Waals surface area contributed by atoms with Gasteiger partial charge in [-0.1, -0.05) is 25.1 Å². The van der Waals surface area contributed by atoms with Gasteiger partial charge in [-0.15, -0.1) is 11.8 Å². The molecule has 1 atom stereocenters. The van der Waals surface area contributed by atoms with Crippen molar-refractivity contribution in [2.45, 2.75) is 37.1 Å². The van der Waals surface area contributed by atoms with Crippen molar-refractivity contribution in [1.29, 1.82) is 0 Å². The SMILES string of the molecule is CCNC(CC1CCOCC1)c1ccccc1SC. The van der Waals surface area contributed by atoms with Crippen molar-refractivity contribution >= 4 is 11.8 Å². The fourth-order valence-electron chi connectivity index (χ4n) is 2.84. The van der Waals surface area contributed by atoms with Crippen LogP contribution in [0.15, 0.2) is 29.2 Å². The van der Waals surface area contributed by atoms with E-state index in [4.69, 9.17) is 4.74 Å². The molecule has 2 rings (SSSR count). The highest BCUT2D eigenvalue weighted by molar-refractivity contribution is 7.98. The summed E-state index contributed by atoms with van der Waals surface area (Å²) in [4.78, 5) is 1.40. The zero-order valence-corrected chi connectivity index (χ0v) is 12.8. The number of hydrogen-bond acceptors (Lipinski definition) is 3. The van der Waals surface area contributed by atoms with E-state index in [2.05, 4.69) is 42.8 Å². The highest BCUT2D eigenvalue weighted by Crippen LogP contribution is 2.32. The fraction of sp³-hybridized carbons (Fsp3) is 0.625. The van der Waals surface area contributed by atoms with E-state index in [1.165, 1.54) is 29.7 Å². The standard InChI is InChI=1S/C16H25NOS/c1-3-17-15(12-13-8-10-18-11-9-13)14-6-4-5-7-16(14)19-2/h4-7,13,15,17H,3,8-12H2,1-2H3. The highest BCUT2D eigenvalue weighted by atomic mass is 32.2. The Labute approximate surface area is 121 Å². The summed E-state index contributed by atoms with van der Waals surface area (Å²) in [5.41, 5.74) is 1.46. The number of nitrogens with one attached hydrogen (secondary N) is 1. The molecular weight excluding hydrogens is 254 g/mol. The maximum absolute atomic E-state index is 5.47. The molecule has 1 aromatic carbocycles. The van der Waals surface area contributed by atoms with Crippen LogP contribution in [0.2, 0.25) is 0 Å². The predicted octanol–water partition coefficient (Wildman–Crippen LogP) is 3.88. The molecule has 106 valence electrons. The normalized spacial score (nSPS) is 18.4. The van der Waals surface area contributed by atoms with Gasteiger partial charge >= 0.3 is 0 Å². The molecule has 1 unspecified atom stereocenters. The topological polar surface area (TPSA) is 21.3 Å². The lowest BCUT2D eigenvalue weighted by Crippen LogP contribution is -2.26. The van der Waals surface area contributed by atoms with Gasteiger partial charge in [0.2, 0.25) is 0 Å². The predicted molar refractivity (Wildman–Crippen MR) is 82.8 cm³/mol. The summed E-state index contributed by atoms with van der Waals surface area (Å²) in [7, 11) is 0. The summed E-state index contributed by atoms with van der Waals surface area (Å²) >= 11 is 1.85. The molecule has 1 aliphatic heterocycles. The van der Waals surface area contributed by atoms with Crippen LogP contribution in [0.4, 0.5) is 0 Å². The van der Waals surface area contributed by atoms with E-state index in [1.807, 2.05) is 11.8 Å². The second-order valence-corrected chi connectivity index (χ2v) is 5.99. The van der Waals surface area contributed by atoms with Crippen molar-refractivity contribution in [1.82, 2.24) is 5.32 Å². The molecule has 1 aliphatic rings. The van der Waals surface area contributed by atoms with Crippen LogP contribution in [-0.4, -0.2) is 26.0 Å². The first-order chi connectivity index (χ1) is 9.35. The molecular formula is C16H25NOS. The van der Waals surface area contributed by atoms with Crippen molar-refractivity contribution < 1.29 is 4.74 Å². The summed E-state index contributed by atoms with van der Waals surface area (Å²) in [6.07, 6.45) is 5.82. The largest absolute Gasteiger partial charge is 0.381 e. The Morgan fingerprint density at radius 3 is 2.74 bits per heavy atom. The third-order valence-electron chi connectivity index (χ3n) is 3.87. The zero-order valence-electron chi connectivity index (χ0n) is 12.0. The maximum atomic E-state index is 5.47. The van der Waals surface area contributed by atoms with E-state index >= 15 is 0 Å². The van der Waals surface area contributed by atoms with Crippen LogP contribution >= 0.6 is 11.8 Å². The summed E-state index contributed by atoms with van der Waals surface area (Å²) in [5, 5.41) is 3.67. The molecule has 0 saturated carbocycles. The van der Waals surface area contributed by atoms with Gasteiger partial charge < -0.3 is 10.1 Å². The smallest absolute Gasteiger partial charge is 0.0468 e. The molecule has 1 aromatic rings. The fourth-order valence-corrected chi connectivity index (χ4v) is 3.50. The Kier molecular flexibility index (Phi) is 6.21. The number of rotatable bonds is 6. The van der Waals surface area contributed by atoms with Gasteiger partial charge in [0.25, 0.3) is 0 Å². The summed E-state index contributed by atoms with van der Waals surface area (Å²) < 4.78 is 5.47. The molecule has 1 N–H and O–H groups in total. The zero-order chi connectivity index (χ0) is 13.5. The monoisotopic (exact) mass is 279 g/mol. The van der Waals surface area contributed by atoms with E-state index in [1.54, 1.807) is 0 Å². The molecule has 3 heteroatoms. The van der Waals surface area contributed by atoms with Crippen molar-refractivity contribution in [3.05, 3.63) is 29.8 Å². The summed E-state index contributed by atoms with van der Waals surface area (Å²) in [6, 6.07) is 9.28. The molecule has 0 amide bonds. The van der Waals surface area contributed by atoms with E-state index in [9.17, 15) is 0 Å². The molecule has 0 bridgehead atoms. The number of thioether (sulfide) groups is 1. The first kappa shape index (κ1) is 14.9. The van der Waals surface area contributed by atoms with Crippen LogP contribution in [0.3, 0.4) is 0 Å². The van der Waals surface area contributed by atoms with Crippen LogP contribution in [0.5, 0.6) is 0 Å². The first-order valence-electron chi connectivity index (χ1n) is 7.29. The highest BCUT2D eigenvalue weighted by Gasteiger charge is 2.21. The Morgan fingerprint density at radius 1 is 1.32 bits per heavy atom. The molecule has 0 spiro atoms. The molecule has 1 fully saturated rings. The van der Waals surface area contributed by atoms with E-state index in [-0.39, 0.29) is 0 Å². The second-order valence-electron chi connectivity index (χ2n) is 5.14.